The molecule has 2 aliphatic carbocycles. The molecular weight excluding hydrogens is 208 g/mol. The van der Waals surface area contributed by atoms with E-state index in [9.17, 15) is 0 Å². The Labute approximate surface area is 106 Å². The van der Waals surface area contributed by atoms with Gasteiger partial charge in [-0.25, -0.2) is 0 Å². The first-order chi connectivity index (χ1) is 8.29. The van der Waals surface area contributed by atoms with Crippen LogP contribution in [0, 0.1) is 11.8 Å². The van der Waals surface area contributed by atoms with E-state index in [2.05, 4.69) is 17.1 Å². The van der Waals surface area contributed by atoms with Gasteiger partial charge in [0.1, 0.15) is 0 Å². The van der Waals surface area contributed by atoms with Crippen LogP contribution in [0.3, 0.4) is 0 Å². The van der Waals surface area contributed by atoms with Crippen molar-refractivity contribution in [1.29, 1.82) is 0 Å². The molecule has 0 bridgehead atoms. The summed E-state index contributed by atoms with van der Waals surface area (Å²) in [6, 6.07) is 1.69. The lowest BCUT2D eigenvalue weighted by Gasteiger charge is -2.29. The molecule has 0 spiro atoms. The number of nitrogens with one attached hydrogen (secondary N) is 1. The van der Waals surface area contributed by atoms with Gasteiger partial charge in [0.15, 0.2) is 0 Å². The van der Waals surface area contributed by atoms with Crippen molar-refractivity contribution in [2.24, 2.45) is 11.8 Å². The summed E-state index contributed by atoms with van der Waals surface area (Å²) < 4.78 is 0. The number of hydrogen-bond donors (Lipinski definition) is 1. The molecule has 0 aromatic heterocycles. The average molecular weight is 236 g/mol. The average Bonchev–Trinajstić information content (AvgIpc) is 3.02. The summed E-state index contributed by atoms with van der Waals surface area (Å²) in [5, 5.41) is 3.79. The highest BCUT2D eigenvalue weighted by Gasteiger charge is 2.30. The fourth-order valence-electron chi connectivity index (χ4n) is 3.59. The van der Waals surface area contributed by atoms with E-state index in [0.29, 0.717) is 0 Å². The normalized spacial score (nSPS) is 39.7. The second-order valence-corrected chi connectivity index (χ2v) is 6.81. The van der Waals surface area contributed by atoms with E-state index in [1.165, 1.54) is 64.6 Å². The van der Waals surface area contributed by atoms with E-state index < -0.39 is 0 Å². The smallest absolute Gasteiger partial charge is 0.0209 e. The van der Waals surface area contributed by atoms with Gasteiger partial charge in [0.05, 0.1) is 0 Å². The van der Waals surface area contributed by atoms with Gasteiger partial charge in [-0.2, -0.15) is 0 Å². The van der Waals surface area contributed by atoms with Crippen LogP contribution in [0.1, 0.15) is 51.9 Å². The maximum absolute atomic E-state index is 3.79. The van der Waals surface area contributed by atoms with E-state index in [-0.39, 0.29) is 0 Å². The minimum atomic E-state index is 0.810. The molecule has 3 fully saturated rings. The molecule has 0 aromatic carbocycles. The predicted octanol–water partition coefficient (Wildman–Crippen LogP) is 2.64. The summed E-state index contributed by atoms with van der Waals surface area (Å²) in [5.74, 6) is 2.00. The van der Waals surface area contributed by atoms with Crippen molar-refractivity contribution in [3.63, 3.8) is 0 Å². The van der Waals surface area contributed by atoms with Crippen molar-refractivity contribution in [2.75, 3.05) is 19.6 Å². The maximum atomic E-state index is 3.79. The summed E-state index contributed by atoms with van der Waals surface area (Å²) in [4.78, 5) is 2.72. The predicted molar refractivity (Wildman–Crippen MR) is 72.1 cm³/mol. The van der Waals surface area contributed by atoms with E-state index in [1.807, 2.05) is 0 Å². The topological polar surface area (TPSA) is 15.3 Å². The third-order valence-corrected chi connectivity index (χ3v) is 4.97. The third kappa shape index (κ3) is 3.45. The molecule has 0 amide bonds. The molecule has 17 heavy (non-hydrogen) atoms. The lowest BCUT2D eigenvalue weighted by Crippen LogP contribution is -2.36. The van der Waals surface area contributed by atoms with Crippen LogP contribution in [0.25, 0.3) is 0 Å². The molecule has 1 unspecified atom stereocenters. The highest BCUT2D eigenvalue weighted by molar-refractivity contribution is 4.90. The quantitative estimate of drug-likeness (QED) is 0.807. The third-order valence-electron chi connectivity index (χ3n) is 4.97. The van der Waals surface area contributed by atoms with Crippen LogP contribution in [0.4, 0.5) is 0 Å². The molecule has 1 aliphatic heterocycles. The zero-order valence-corrected chi connectivity index (χ0v) is 11.3. The van der Waals surface area contributed by atoms with E-state index in [0.717, 1.165) is 23.9 Å². The van der Waals surface area contributed by atoms with Crippen molar-refractivity contribution in [2.45, 2.75) is 64.0 Å². The summed E-state index contributed by atoms with van der Waals surface area (Å²) >= 11 is 0. The Morgan fingerprint density at radius 2 is 1.71 bits per heavy atom. The first kappa shape index (κ1) is 12.0. The van der Waals surface area contributed by atoms with E-state index >= 15 is 0 Å². The summed E-state index contributed by atoms with van der Waals surface area (Å²) in [7, 11) is 0. The minimum absolute atomic E-state index is 0.810. The van der Waals surface area contributed by atoms with Crippen molar-refractivity contribution in [3.8, 4) is 0 Å². The summed E-state index contributed by atoms with van der Waals surface area (Å²) in [6.45, 7) is 6.47. The standard InChI is InChI=1S/C15H28N2/c1-12-2-4-13(5-3-12)10-17-9-8-15(11-17)16-14-6-7-14/h12-16H,2-11H2,1H3. The van der Waals surface area contributed by atoms with Crippen molar-refractivity contribution < 1.29 is 0 Å². The largest absolute Gasteiger partial charge is 0.310 e. The van der Waals surface area contributed by atoms with Crippen molar-refractivity contribution >= 4 is 0 Å². The Morgan fingerprint density at radius 1 is 0.941 bits per heavy atom. The lowest BCUT2D eigenvalue weighted by molar-refractivity contribution is 0.207. The fourth-order valence-corrected chi connectivity index (χ4v) is 3.59. The van der Waals surface area contributed by atoms with Crippen LogP contribution in [0.2, 0.25) is 0 Å². The molecule has 3 aliphatic rings. The van der Waals surface area contributed by atoms with Crippen LogP contribution in [-0.4, -0.2) is 36.6 Å². The Kier molecular flexibility index (Phi) is 3.72. The Morgan fingerprint density at radius 3 is 2.41 bits per heavy atom. The molecule has 0 aromatic rings. The number of hydrogen-bond acceptors (Lipinski definition) is 2. The first-order valence-electron chi connectivity index (χ1n) is 7.78. The fraction of sp³-hybridized carbons (Fsp3) is 1.00. The number of rotatable bonds is 4. The van der Waals surface area contributed by atoms with Crippen LogP contribution < -0.4 is 5.32 Å². The molecular formula is C15H28N2. The van der Waals surface area contributed by atoms with Crippen molar-refractivity contribution in [1.82, 2.24) is 10.2 Å². The first-order valence-corrected chi connectivity index (χ1v) is 7.78. The van der Waals surface area contributed by atoms with Gasteiger partial charge in [-0.05, 0) is 50.5 Å². The molecule has 0 radical (unpaired) electrons. The second-order valence-electron chi connectivity index (χ2n) is 6.81. The zero-order valence-electron chi connectivity index (χ0n) is 11.3. The highest BCUT2D eigenvalue weighted by Crippen LogP contribution is 2.30. The molecule has 2 nitrogen and oxygen atoms in total. The van der Waals surface area contributed by atoms with Crippen LogP contribution in [0.5, 0.6) is 0 Å². The van der Waals surface area contributed by atoms with Gasteiger partial charge in [-0.15, -0.1) is 0 Å². The lowest BCUT2D eigenvalue weighted by atomic mass is 9.83. The van der Waals surface area contributed by atoms with E-state index in [1.54, 1.807) is 0 Å². The van der Waals surface area contributed by atoms with Gasteiger partial charge in [0.25, 0.3) is 0 Å². The van der Waals surface area contributed by atoms with Crippen LogP contribution in [-0.2, 0) is 0 Å². The van der Waals surface area contributed by atoms with Crippen LogP contribution >= 0.6 is 0 Å². The monoisotopic (exact) mass is 236 g/mol. The Hall–Kier alpha value is -0.0800. The second kappa shape index (κ2) is 5.27. The number of nitrogens with zero attached hydrogens (tertiary/aromatic N) is 1. The van der Waals surface area contributed by atoms with Gasteiger partial charge in [0, 0.05) is 25.2 Å². The molecule has 2 saturated carbocycles. The molecule has 3 rings (SSSR count). The summed E-state index contributed by atoms with van der Waals surface area (Å²) in [5.41, 5.74) is 0. The molecule has 98 valence electrons. The van der Waals surface area contributed by atoms with Gasteiger partial charge in [-0.3, -0.25) is 0 Å². The number of likely N-dealkylation sites (tertiary alicyclic amines) is 1. The zero-order chi connectivity index (χ0) is 11.7. The maximum Gasteiger partial charge on any atom is 0.0209 e. The molecule has 2 heteroatoms. The molecule has 1 atom stereocenters. The molecule has 1 heterocycles. The van der Waals surface area contributed by atoms with Gasteiger partial charge >= 0.3 is 0 Å². The van der Waals surface area contributed by atoms with Gasteiger partial charge in [0.2, 0.25) is 0 Å². The molecule has 1 saturated heterocycles. The highest BCUT2D eigenvalue weighted by atomic mass is 15.2. The Balaban J connectivity index is 1.37. The SMILES string of the molecule is CC1CCC(CN2CCC(NC3CC3)C2)CC1. The Bertz CT molecular complexity index is 241. The molecule has 1 N–H and O–H groups in total. The van der Waals surface area contributed by atoms with Crippen LogP contribution in [0.15, 0.2) is 0 Å². The van der Waals surface area contributed by atoms with E-state index in [4.69, 9.17) is 0 Å². The van der Waals surface area contributed by atoms with Crippen molar-refractivity contribution in [3.05, 3.63) is 0 Å². The van der Waals surface area contributed by atoms with Gasteiger partial charge < -0.3 is 10.2 Å². The minimum Gasteiger partial charge on any atom is -0.310 e. The van der Waals surface area contributed by atoms with Gasteiger partial charge in [-0.1, -0.05) is 19.8 Å². The summed E-state index contributed by atoms with van der Waals surface area (Å²) in [6.07, 6.45) is 10.2.